The fourth-order valence-corrected chi connectivity index (χ4v) is 5.12. The van der Waals surface area contributed by atoms with Gasteiger partial charge in [0.2, 0.25) is 5.91 Å². The number of benzene rings is 2. The Hall–Kier alpha value is -5.20. The van der Waals surface area contributed by atoms with E-state index in [0.717, 1.165) is 37.6 Å². The second kappa shape index (κ2) is 14.5. The number of anilines is 1. The number of likely N-dealkylation sites (N-methyl/N-ethyl adjacent to an activating group) is 1. The molecule has 0 bridgehead atoms. The van der Waals surface area contributed by atoms with Crippen molar-refractivity contribution in [2.24, 2.45) is 17.4 Å². The molecule has 1 aliphatic carbocycles. The number of nitrogens with one attached hydrogen (secondary N) is 3. The SMILES string of the molecule is C=C(c1ccc(-c2cccc(NC(/C=C(\N)NC(=O)C3CC3)=C(/N)C(=O)NC)c2OC)cc1C(F)(F)F)N(C)CC1=[N+](C)CCC=C1. The van der Waals surface area contributed by atoms with Crippen LogP contribution >= 0.6 is 0 Å². The first-order chi connectivity index (χ1) is 22.2. The molecule has 1 heterocycles. The summed E-state index contributed by atoms with van der Waals surface area (Å²) in [6.45, 7) is 5.24. The van der Waals surface area contributed by atoms with Crippen LogP contribution in [0.25, 0.3) is 16.8 Å². The molecule has 2 aliphatic rings. The van der Waals surface area contributed by atoms with Gasteiger partial charge in [0.25, 0.3) is 5.91 Å². The van der Waals surface area contributed by atoms with E-state index in [1.54, 1.807) is 36.2 Å². The highest BCUT2D eigenvalue weighted by atomic mass is 19.4. The van der Waals surface area contributed by atoms with E-state index in [1.165, 1.54) is 26.3 Å². The van der Waals surface area contributed by atoms with E-state index >= 15 is 0 Å². The highest BCUT2D eigenvalue weighted by Gasteiger charge is 2.35. The number of alkyl halides is 3. The minimum absolute atomic E-state index is 0.0374. The van der Waals surface area contributed by atoms with Gasteiger partial charge in [-0.15, -0.1) is 0 Å². The zero-order valence-electron chi connectivity index (χ0n) is 26.9. The van der Waals surface area contributed by atoms with Crippen LogP contribution in [0.15, 0.2) is 78.4 Å². The summed E-state index contributed by atoms with van der Waals surface area (Å²) in [5, 5.41) is 8.03. The van der Waals surface area contributed by atoms with Gasteiger partial charge in [0.15, 0.2) is 5.71 Å². The number of hydrogen-bond acceptors (Lipinski definition) is 7. The van der Waals surface area contributed by atoms with Crippen molar-refractivity contribution in [3.8, 4) is 16.9 Å². The number of carbonyl (C=O) groups is 2. The molecule has 1 saturated carbocycles. The van der Waals surface area contributed by atoms with Crippen LogP contribution in [0.5, 0.6) is 5.75 Å². The van der Waals surface area contributed by atoms with Crippen LogP contribution in [-0.2, 0) is 15.8 Å². The minimum atomic E-state index is -4.68. The summed E-state index contributed by atoms with van der Waals surface area (Å²) in [6.07, 6.45) is 3.08. The number of methoxy groups -OCH3 is 1. The number of para-hydroxylation sites is 1. The van der Waals surface area contributed by atoms with E-state index in [0.29, 0.717) is 12.1 Å². The number of carbonyl (C=O) groups excluding carboxylic acids is 2. The Labute approximate surface area is 272 Å². The molecular weight excluding hydrogens is 611 g/mol. The summed E-state index contributed by atoms with van der Waals surface area (Å²) in [7, 11) is 6.44. The van der Waals surface area contributed by atoms with Gasteiger partial charge in [-0.25, -0.2) is 4.58 Å². The molecule has 0 atom stereocenters. The Morgan fingerprint density at radius 1 is 1.19 bits per heavy atom. The minimum Gasteiger partial charge on any atom is -0.494 e. The molecule has 0 aromatic heterocycles. The highest BCUT2D eigenvalue weighted by molar-refractivity contribution is 5.95. The molecule has 47 heavy (non-hydrogen) atoms. The number of nitrogens with zero attached hydrogens (tertiary/aromatic N) is 2. The highest BCUT2D eigenvalue weighted by Crippen LogP contribution is 2.42. The van der Waals surface area contributed by atoms with Crippen molar-refractivity contribution < 1.29 is 32.1 Å². The van der Waals surface area contributed by atoms with Gasteiger partial charge in [0.1, 0.15) is 37.4 Å². The van der Waals surface area contributed by atoms with Gasteiger partial charge < -0.3 is 37.1 Å². The van der Waals surface area contributed by atoms with Crippen LogP contribution in [0.1, 0.15) is 30.4 Å². The second-order valence-corrected chi connectivity index (χ2v) is 11.4. The molecule has 2 aromatic rings. The maximum absolute atomic E-state index is 14.6. The maximum Gasteiger partial charge on any atom is 0.417 e. The average molecular weight is 653 g/mol. The van der Waals surface area contributed by atoms with Gasteiger partial charge >= 0.3 is 6.18 Å². The lowest BCUT2D eigenvalue weighted by Gasteiger charge is -2.25. The Bertz CT molecular complexity index is 1690. The summed E-state index contributed by atoms with van der Waals surface area (Å²) in [5.74, 6) is -0.850. The number of amides is 2. The van der Waals surface area contributed by atoms with E-state index in [2.05, 4.69) is 27.1 Å². The molecular formula is C34H41F3N7O3+. The number of rotatable bonds is 12. The van der Waals surface area contributed by atoms with Gasteiger partial charge in [0.05, 0.1) is 24.1 Å². The van der Waals surface area contributed by atoms with Crippen molar-refractivity contribution in [1.29, 1.82) is 0 Å². The summed E-state index contributed by atoms with van der Waals surface area (Å²) in [4.78, 5) is 26.4. The Kier molecular flexibility index (Phi) is 10.7. The molecule has 0 radical (unpaired) electrons. The Morgan fingerprint density at radius 2 is 1.91 bits per heavy atom. The largest absolute Gasteiger partial charge is 0.494 e. The summed E-state index contributed by atoms with van der Waals surface area (Å²) in [6, 6.07) is 8.89. The molecule has 250 valence electrons. The topological polar surface area (TPSA) is 138 Å². The second-order valence-electron chi connectivity index (χ2n) is 11.4. The predicted octanol–water partition coefficient (Wildman–Crippen LogP) is 3.98. The lowest BCUT2D eigenvalue weighted by atomic mass is 9.96. The van der Waals surface area contributed by atoms with Crippen LogP contribution in [-0.4, -0.2) is 68.3 Å². The zero-order chi connectivity index (χ0) is 34.5. The van der Waals surface area contributed by atoms with Gasteiger partial charge in [-0.05, 0) is 30.5 Å². The molecule has 4 rings (SSSR count). The molecule has 0 spiro atoms. The van der Waals surface area contributed by atoms with E-state index < -0.39 is 17.6 Å². The number of allylic oxidation sites excluding steroid dienone is 1. The van der Waals surface area contributed by atoms with Crippen molar-refractivity contribution in [1.82, 2.24) is 15.5 Å². The molecule has 7 N–H and O–H groups in total. The third-order valence-corrected chi connectivity index (χ3v) is 8.00. The van der Waals surface area contributed by atoms with E-state index in [-0.39, 0.29) is 57.3 Å². The fraction of sp³-hybridized carbons (Fsp3) is 0.324. The van der Waals surface area contributed by atoms with Crippen LogP contribution in [0.3, 0.4) is 0 Å². The van der Waals surface area contributed by atoms with Gasteiger partial charge in [-0.3, -0.25) is 9.59 Å². The third kappa shape index (κ3) is 8.34. The number of ether oxygens (including phenoxy) is 1. The molecule has 13 heteroatoms. The summed E-state index contributed by atoms with van der Waals surface area (Å²) < 4.78 is 51.4. The van der Waals surface area contributed by atoms with Crippen molar-refractivity contribution >= 4 is 28.9 Å². The molecule has 10 nitrogen and oxygen atoms in total. The molecule has 1 aliphatic heterocycles. The maximum atomic E-state index is 14.6. The number of halogens is 3. The fourth-order valence-electron chi connectivity index (χ4n) is 5.12. The monoisotopic (exact) mass is 652 g/mol. The summed E-state index contributed by atoms with van der Waals surface area (Å²) >= 11 is 0. The summed E-state index contributed by atoms with van der Waals surface area (Å²) in [5.41, 5.74) is 13.1. The predicted molar refractivity (Wildman–Crippen MR) is 177 cm³/mol. The normalized spacial score (nSPS) is 15.5. The zero-order valence-corrected chi connectivity index (χ0v) is 26.9. The molecule has 1 fully saturated rings. The lowest BCUT2D eigenvalue weighted by Crippen LogP contribution is -2.31. The van der Waals surface area contributed by atoms with Gasteiger partial charge in [0, 0.05) is 55.4 Å². The standard InChI is InChI=1S/C34H40F3N7O3/c1-20(44(4)19-23-9-6-7-16-43(23)3)24-15-14-22(17-26(24)34(35,36)37)25-10-8-11-27(31(25)47-5)41-28(30(39)33(46)40-2)18-29(38)42-32(45)21-12-13-21/h6,8-11,14-15,17-18,21H,1,7,12-13,16,19,39H2,2-5H3,(H4-,38,40,41,42,45,46)/p+1. The first kappa shape index (κ1) is 34.7. The quantitative estimate of drug-likeness (QED) is 0.133. The smallest absolute Gasteiger partial charge is 0.417 e. The van der Waals surface area contributed by atoms with E-state index in [9.17, 15) is 22.8 Å². The molecule has 2 amide bonds. The van der Waals surface area contributed by atoms with Crippen molar-refractivity contribution in [2.45, 2.75) is 25.4 Å². The van der Waals surface area contributed by atoms with Gasteiger partial charge in [-0.1, -0.05) is 36.9 Å². The van der Waals surface area contributed by atoms with Gasteiger partial charge in [-0.2, -0.15) is 13.2 Å². The van der Waals surface area contributed by atoms with E-state index in [4.69, 9.17) is 16.2 Å². The number of hydrogen-bond donors (Lipinski definition) is 5. The first-order valence-corrected chi connectivity index (χ1v) is 15.0. The molecule has 2 aromatic carbocycles. The van der Waals surface area contributed by atoms with E-state index in [1.807, 2.05) is 19.2 Å². The molecule has 0 unspecified atom stereocenters. The lowest BCUT2D eigenvalue weighted by molar-refractivity contribution is -0.497. The number of nitrogens with two attached hydrogens (primary N) is 2. The van der Waals surface area contributed by atoms with Crippen LogP contribution < -0.4 is 32.2 Å². The van der Waals surface area contributed by atoms with Crippen LogP contribution in [0.4, 0.5) is 18.9 Å². The van der Waals surface area contributed by atoms with Crippen LogP contribution in [0, 0.1) is 5.92 Å². The third-order valence-electron chi connectivity index (χ3n) is 8.00. The molecule has 0 saturated heterocycles. The van der Waals surface area contributed by atoms with Crippen LogP contribution in [0.2, 0.25) is 0 Å². The Morgan fingerprint density at radius 3 is 2.53 bits per heavy atom. The van der Waals surface area contributed by atoms with Crippen molar-refractivity contribution in [3.63, 3.8) is 0 Å². The van der Waals surface area contributed by atoms with Crippen molar-refractivity contribution in [2.75, 3.05) is 46.7 Å². The first-order valence-electron chi connectivity index (χ1n) is 15.0. The van der Waals surface area contributed by atoms with Crippen molar-refractivity contribution in [3.05, 3.63) is 89.5 Å². The Balaban J connectivity index is 1.71. The average Bonchev–Trinajstić information content (AvgIpc) is 3.89.